The minimum Gasteiger partial charge on any atom is -0.388 e. The van der Waals surface area contributed by atoms with Crippen LogP contribution in [0.5, 0.6) is 0 Å². The number of thiophene rings is 1. The van der Waals surface area contributed by atoms with Gasteiger partial charge in [0.1, 0.15) is 6.29 Å². The van der Waals surface area contributed by atoms with E-state index in [1.165, 1.54) is 16.9 Å². The minimum absolute atomic E-state index is 0.0543. The number of methoxy groups -OCH3 is 1. The lowest BCUT2D eigenvalue weighted by Crippen LogP contribution is -1.95. The zero-order valence-electron chi connectivity index (χ0n) is 11.5. The summed E-state index contributed by atoms with van der Waals surface area (Å²) in [7, 11) is 3.25. The van der Waals surface area contributed by atoms with E-state index in [1.807, 2.05) is 18.2 Å². The quantitative estimate of drug-likeness (QED) is 0.457. The molecule has 0 bridgehead atoms. The van der Waals surface area contributed by atoms with Crippen LogP contribution in [0.15, 0.2) is 24.3 Å². The number of aldehydes is 1. The molecule has 108 valence electrons. The van der Waals surface area contributed by atoms with E-state index < -0.39 is 0 Å². The molecule has 1 heterocycles. The Morgan fingerprint density at radius 1 is 1.35 bits per heavy atom. The van der Waals surface area contributed by atoms with Gasteiger partial charge in [-0.25, -0.2) is 0 Å². The van der Waals surface area contributed by atoms with Gasteiger partial charge in [0.05, 0.1) is 4.88 Å². The first-order valence-corrected chi connectivity index (χ1v) is 8.05. The summed E-state index contributed by atoms with van der Waals surface area (Å²) in [6.45, 7) is 0. The third-order valence-electron chi connectivity index (χ3n) is 2.50. The van der Waals surface area contributed by atoms with Crippen molar-refractivity contribution >= 4 is 49.4 Å². The number of alkyl halides is 1. The highest BCUT2D eigenvalue weighted by Gasteiger charge is 2.10. The van der Waals surface area contributed by atoms with Crippen LogP contribution in [0.4, 0.5) is 0 Å². The number of hydrogen-bond acceptors (Lipinski definition) is 4. The molecular weight excluding hydrogens is 340 g/mol. The lowest BCUT2D eigenvalue weighted by molar-refractivity contribution is -0.107. The Morgan fingerprint density at radius 3 is 2.65 bits per heavy atom. The summed E-state index contributed by atoms with van der Waals surface area (Å²) < 4.78 is 5.37. The molecule has 1 aromatic heterocycles. The molecule has 2 rings (SSSR count). The Hall–Kier alpha value is -1.04. The SMILES string of the molecule is COC.O=CCCC(=O)c1cc2ccc(CBr)cc2s1. The summed E-state index contributed by atoms with van der Waals surface area (Å²) >= 11 is 4.91. The third-order valence-corrected chi connectivity index (χ3v) is 4.29. The number of ketones is 1. The van der Waals surface area contributed by atoms with Crippen LogP contribution in [0.3, 0.4) is 0 Å². The standard InChI is InChI=1S/C13H11BrO2S.C2H6O/c14-8-9-3-4-10-7-13(17-12(10)6-9)11(16)2-1-5-15;1-3-2/h3-7H,1-2,8H2;1-2H3. The molecule has 0 N–H and O–H groups in total. The van der Waals surface area contributed by atoms with Crippen LogP contribution >= 0.6 is 27.3 Å². The first kappa shape index (κ1) is 17.0. The van der Waals surface area contributed by atoms with Crippen molar-refractivity contribution in [3.63, 3.8) is 0 Å². The molecule has 0 saturated heterocycles. The minimum atomic E-state index is 0.0543. The Bertz CT molecular complexity index is 578. The van der Waals surface area contributed by atoms with Crippen LogP contribution in [0.1, 0.15) is 28.1 Å². The molecule has 1 aromatic carbocycles. The first-order chi connectivity index (χ1) is 9.65. The normalized spacial score (nSPS) is 9.95. The Kier molecular flexibility index (Phi) is 7.65. The van der Waals surface area contributed by atoms with Crippen LogP contribution in [-0.2, 0) is 14.9 Å². The molecule has 20 heavy (non-hydrogen) atoms. The number of Topliss-reactive ketones (excluding diaryl/α,β-unsaturated/α-hetero) is 1. The lowest BCUT2D eigenvalue weighted by atomic mass is 10.1. The highest BCUT2D eigenvalue weighted by atomic mass is 79.9. The van der Waals surface area contributed by atoms with Crippen molar-refractivity contribution in [3.05, 3.63) is 34.7 Å². The van der Waals surface area contributed by atoms with Gasteiger partial charge in [0.15, 0.2) is 5.78 Å². The van der Waals surface area contributed by atoms with E-state index in [2.05, 4.69) is 26.7 Å². The topological polar surface area (TPSA) is 43.4 Å². The average Bonchev–Trinajstić information content (AvgIpc) is 2.88. The largest absolute Gasteiger partial charge is 0.388 e. The van der Waals surface area contributed by atoms with E-state index in [0.29, 0.717) is 12.8 Å². The van der Waals surface area contributed by atoms with Gasteiger partial charge in [-0.3, -0.25) is 4.79 Å². The fraction of sp³-hybridized carbons (Fsp3) is 0.333. The molecule has 0 aliphatic carbocycles. The van der Waals surface area contributed by atoms with Crippen molar-refractivity contribution in [2.45, 2.75) is 18.2 Å². The molecule has 0 fully saturated rings. The summed E-state index contributed by atoms with van der Waals surface area (Å²) in [5.74, 6) is 0.0543. The summed E-state index contributed by atoms with van der Waals surface area (Å²) in [5.41, 5.74) is 1.20. The van der Waals surface area contributed by atoms with Crippen molar-refractivity contribution in [2.24, 2.45) is 0 Å². The molecule has 0 amide bonds. The van der Waals surface area contributed by atoms with Crippen molar-refractivity contribution < 1.29 is 14.3 Å². The van der Waals surface area contributed by atoms with Gasteiger partial charge < -0.3 is 9.53 Å². The summed E-state index contributed by atoms with van der Waals surface area (Å²) in [5, 5.41) is 1.91. The number of carbonyl (C=O) groups excluding carboxylic acids is 2. The molecule has 0 unspecified atom stereocenters. The molecule has 0 aliphatic heterocycles. The van der Waals surface area contributed by atoms with Gasteiger partial charge in [0.2, 0.25) is 0 Å². The second-order valence-electron chi connectivity index (χ2n) is 4.15. The van der Waals surface area contributed by atoms with Crippen LogP contribution in [0.25, 0.3) is 10.1 Å². The van der Waals surface area contributed by atoms with Crippen LogP contribution in [0, 0.1) is 0 Å². The monoisotopic (exact) mass is 356 g/mol. The first-order valence-electron chi connectivity index (χ1n) is 6.11. The molecule has 2 aromatic rings. The number of ether oxygens (including phenoxy) is 1. The van der Waals surface area contributed by atoms with E-state index in [4.69, 9.17) is 0 Å². The predicted octanol–water partition coefficient (Wildman–Crippen LogP) is 4.22. The molecule has 0 saturated carbocycles. The van der Waals surface area contributed by atoms with Gasteiger partial charge in [0.25, 0.3) is 0 Å². The van der Waals surface area contributed by atoms with E-state index in [9.17, 15) is 9.59 Å². The van der Waals surface area contributed by atoms with Gasteiger partial charge in [-0.1, -0.05) is 28.1 Å². The van der Waals surface area contributed by atoms with E-state index >= 15 is 0 Å². The molecule has 3 nitrogen and oxygen atoms in total. The van der Waals surface area contributed by atoms with Crippen molar-refractivity contribution in [1.29, 1.82) is 0 Å². The van der Waals surface area contributed by atoms with Crippen molar-refractivity contribution in [3.8, 4) is 0 Å². The van der Waals surface area contributed by atoms with Crippen molar-refractivity contribution in [1.82, 2.24) is 0 Å². The van der Waals surface area contributed by atoms with Crippen LogP contribution in [-0.4, -0.2) is 26.3 Å². The van der Waals surface area contributed by atoms with Gasteiger partial charge in [-0.2, -0.15) is 0 Å². The molecular formula is C15H17BrO3S. The highest BCUT2D eigenvalue weighted by Crippen LogP contribution is 2.28. The summed E-state index contributed by atoms with van der Waals surface area (Å²) in [6, 6.07) is 8.07. The number of carbonyl (C=O) groups is 2. The van der Waals surface area contributed by atoms with Crippen molar-refractivity contribution in [2.75, 3.05) is 14.2 Å². The predicted molar refractivity (Wildman–Crippen MR) is 87.0 cm³/mol. The van der Waals surface area contributed by atoms with Gasteiger partial charge in [0, 0.05) is 37.1 Å². The second-order valence-corrected chi connectivity index (χ2v) is 5.80. The summed E-state index contributed by atoms with van der Waals surface area (Å²) in [6.07, 6.45) is 1.40. The molecule has 5 heteroatoms. The Labute approximate surface area is 131 Å². The zero-order valence-corrected chi connectivity index (χ0v) is 13.9. The maximum absolute atomic E-state index is 11.8. The number of rotatable bonds is 5. The molecule has 0 atom stereocenters. The Balaban J connectivity index is 0.000000612. The number of benzene rings is 1. The van der Waals surface area contributed by atoms with E-state index in [1.54, 1.807) is 14.2 Å². The zero-order chi connectivity index (χ0) is 15.0. The number of hydrogen-bond donors (Lipinski definition) is 0. The molecule has 0 spiro atoms. The van der Waals surface area contributed by atoms with Crippen LogP contribution < -0.4 is 0 Å². The number of fused-ring (bicyclic) bond motifs is 1. The second kappa shape index (κ2) is 9.00. The highest BCUT2D eigenvalue weighted by molar-refractivity contribution is 9.08. The molecule has 0 aliphatic rings. The van der Waals surface area contributed by atoms with Gasteiger partial charge in [-0.05, 0) is 23.1 Å². The van der Waals surface area contributed by atoms with Gasteiger partial charge in [-0.15, -0.1) is 11.3 Å². The smallest absolute Gasteiger partial charge is 0.173 e. The average molecular weight is 357 g/mol. The summed E-state index contributed by atoms with van der Waals surface area (Å²) in [4.78, 5) is 22.8. The van der Waals surface area contributed by atoms with Crippen LogP contribution in [0.2, 0.25) is 0 Å². The maximum Gasteiger partial charge on any atom is 0.173 e. The Morgan fingerprint density at radius 2 is 2.05 bits per heavy atom. The molecule has 0 radical (unpaired) electrons. The van der Waals surface area contributed by atoms with E-state index in [-0.39, 0.29) is 5.78 Å². The van der Waals surface area contributed by atoms with Gasteiger partial charge >= 0.3 is 0 Å². The maximum atomic E-state index is 11.8. The number of halogens is 1. The third kappa shape index (κ3) is 4.81. The lowest BCUT2D eigenvalue weighted by Gasteiger charge is -1.93. The van der Waals surface area contributed by atoms with E-state index in [0.717, 1.165) is 26.6 Å². The fourth-order valence-electron chi connectivity index (χ4n) is 1.61. The fourth-order valence-corrected chi connectivity index (χ4v) is 3.05.